The number of anilines is 1. The summed E-state index contributed by atoms with van der Waals surface area (Å²) in [6.07, 6.45) is 4.70. The Labute approximate surface area is 113 Å². The zero-order chi connectivity index (χ0) is 12.7. The van der Waals surface area contributed by atoms with Crippen LogP contribution in [0.1, 0.15) is 25.7 Å². The summed E-state index contributed by atoms with van der Waals surface area (Å²) in [6, 6.07) is 7.61. The molecule has 2 bridgehead atoms. The summed E-state index contributed by atoms with van der Waals surface area (Å²) in [5.74, 6) is 0.737. The summed E-state index contributed by atoms with van der Waals surface area (Å²) < 4.78 is 5.20. The Morgan fingerprint density at radius 2 is 1.94 bits per heavy atom. The van der Waals surface area contributed by atoms with E-state index in [9.17, 15) is 0 Å². The van der Waals surface area contributed by atoms with Gasteiger partial charge in [0.1, 0.15) is 5.75 Å². The van der Waals surface area contributed by atoms with E-state index in [1.165, 1.54) is 18.5 Å². The standard InChI is InChI=1S/C14H19ClN2O/c1-18-14-5-4-12(8-13(14)15)17-10-2-3-11(17)7-9(16)6-10/h4-5,8-11H,2-3,6-7,16H2,1H3. The Morgan fingerprint density at radius 3 is 2.50 bits per heavy atom. The molecule has 2 heterocycles. The van der Waals surface area contributed by atoms with E-state index in [4.69, 9.17) is 22.1 Å². The zero-order valence-corrected chi connectivity index (χ0v) is 11.4. The van der Waals surface area contributed by atoms with Gasteiger partial charge in [-0.05, 0) is 43.9 Å². The molecule has 3 rings (SSSR count). The lowest BCUT2D eigenvalue weighted by molar-refractivity contribution is 0.410. The molecule has 1 aromatic rings. The van der Waals surface area contributed by atoms with Gasteiger partial charge in [0.05, 0.1) is 12.1 Å². The van der Waals surface area contributed by atoms with E-state index in [1.807, 2.05) is 12.1 Å². The van der Waals surface area contributed by atoms with Gasteiger partial charge in [-0.15, -0.1) is 0 Å². The number of fused-ring (bicyclic) bond motifs is 2. The first-order valence-corrected chi connectivity index (χ1v) is 6.94. The van der Waals surface area contributed by atoms with Crippen molar-refractivity contribution in [3.8, 4) is 5.75 Å². The summed E-state index contributed by atoms with van der Waals surface area (Å²) in [5.41, 5.74) is 7.31. The smallest absolute Gasteiger partial charge is 0.137 e. The fourth-order valence-corrected chi connectivity index (χ4v) is 3.71. The van der Waals surface area contributed by atoms with E-state index < -0.39 is 0 Å². The van der Waals surface area contributed by atoms with Gasteiger partial charge in [-0.1, -0.05) is 11.6 Å². The van der Waals surface area contributed by atoms with E-state index in [0.717, 1.165) is 18.6 Å². The van der Waals surface area contributed by atoms with Crippen LogP contribution in [0.15, 0.2) is 18.2 Å². The SMILES string of the molecule is COc1ccc(N2C3CCC2CC(N)C3)cc1Cl. The molecule has 4 heteroatoms. The monoisotopic (exact) mass is 266 g/mol. The highest BCUT2D eigenvalue weighted by molar-refractivity contribution is 6.32. The van der Waals surface area contributed by atoms with Gasteiger partial charge in [0, 0.05) is 23.8 Å². The molecular weight excluding hydrogens is 248 g/mol. The summed E-state index contributed by atoms with van der Waals surface area (Å²) >= 11 is 6.22. The number of ether oxygens (including phenoxy) is 1. The number of rotatable bonds is 2. The molecule has 18 heavy (non-hydrogen) atoms. The second kappa shape index (κ2) is 4.63. The van der Waals surface area contributed by atoms with Crippen LogP contribution in [0.3, 0.4) is 0 Å². The maximum atomic E-state index is 6.22. The molecule has 2 aliphatic rings. The summed E-state index contributed by atoms with van der Waals surface area (Å²) in [6.45, 7) is 0. The van der Waals surface area contributed by atoms with Gasteiger partial charge in [0.2, 0.25) is 0 Å². The van der Waals surface area contributed by atoms with Crippen LogP contribution < -0.4 is 15.4 Å². The first-order valence-electron chi connectivity index (χ1n) is 6.56. The van der Waals surface area contributed by atoms with Gasteiger partial charge >= 0.3 is 0 Å². The van der Waals surface area contributed by atoms with Crippen LogP contribution in [-0.2, 0) is 0 Å². The number of methoxy groups -OCH3 is 1. The lowest BCUT2D eigenvalue weighted by Gasteiger charge is -2.39. The van der Waals surface area contributed by atoms with E-state index in [1.54, 1.807) is 7.11 Å². The maximum Gasteiger partial charge on any atom is 0.137 e. The minimum atomic E-state index is 0.368. The lowest BCUT2D eigenvalue weighted by Crippen LogP contribution is -2.47. The van der Waals surface area contributed by atoms with Crippen LogP contribution in [-0.4, -0.2) is 25.2 Å². The van der Waals surface area contributed by atoms with Gasteiger partial charge in [-0.2, -0.15) is 0 Å². The quantitative estimate of drug-likeness (QED) is 0.895. The lowest BCUT2D eigenvalue weighted by atomic mass is 9.97. The van der Waals surface area contributed by atoms with Gasteiger partial charge in [-0.3, -0.25) is 0 Å². The number of hydrogen-bond acceptors (Lipinski definition) is 3. The number of nitrogens with two attached hydrogens (primary N) is 1. The largest absolute Gasteiger partial charge is 0.495 e. The molecule has 0 radical (unpaired) electrons. The van der Waals surface area contributed by atoms with Crippen LogP contribution >= 0.6 is 11.6 Å². The Kier molecular flexibility index (Phi) is 3.12. The second-order valence-corrected chi connectivity index (χ2v) is 5.75. The third-order valence-electron chi connectivity index (χ3n) is 4.20. The fourth-order valence-electron chi connectivity index (χ4n) is 3.46. The van der Waals surface area contributed by atoms with Crippen molar-refractivity contribution in [1.29, 1.82) is 0 Å². The number of benzene rings is 1. The molecule has 1 aromatic carbocycles. The van der Waals surface area contributed by atoms with Crippen LogP contribution in [0.4, 0.5) is 5.69 Å². The van der Waals surface area contributed by atoms with Crippen molar-refractivity contribution in [3.63, 3.8) is 0 Å². The van der Waals surface area contributed by atoms with E-state index in [-0.39, 0.29) is 0 Å². The number of nitrogens with zero attached hydrogens (tertiary/aromatic N) is 1. The van der Waals surface area contributed by atoms with Crippen LogP contribution in [0, 0.1) is 0 Å². The third kappa shape index (κ3) is 1.95. The first-order chi connectivity index (χ1) is 8.69. The minimum Gasteiger partial charge on any atom is -0.495 e. The Hall–Kier alpha value is -0.930. The molecule has 0 spiro atoms. The number of halogens is 1. The Bertz CT molecular complexity index is 437. The first kappa shape index (κ1) is 12.1. The highest BCUT2D eigenvalue weighted by atomic mass is 35.5. The molecule has 2 aliphatic heterocycles. The molecule has 0 saturated carbocycles. The summed E-state index contributed by atoms with van der Waals surface area (Å²) in [7, 11) is 1.64. The zero-order valence-electron chi connectivity index (χ0n) is 10.6. The van der Waals surface area contributed by atoms with Crippen molar-refractivity contribution in [2.45, 2.75) is 43.8 Å². The normalized spacial score (nSPS) is 30.6. The molecule has 2 fully saturated rings. The molecule has 98 valence electrons. The molecule has 3 nitrogen and oxygen atoms in total. The summed E-state index contributed by atoms with van der Waals surface area (Å²) in [4.78, 5) is 2.51. The average molecular weight is 267 g/mol. The van der Waals surface area contributed by atoms with Crippen molar-refractivity contribution in [2.75, 3.05) is 12.0 Å². The predicted octanol–water partition coefficient (Wildman–Crippen LogP) is 2.81. The average Bonchev–Trinajstić information content (AvgIpc) is 2.61. The molecule has 0 aromatic heterocycles. The van der Waals surface area contributed by atoms with Crippen molar-refractivity contribution in [1.82, 2.24) is 0 Å². The van der Waals surface area contributed by atoms with Gasteiger partial charge < -0.3 is 15.4 Å². The number of piperidine rings is 1. The van der Waals surface area contributed by atoms with Crippen molar-refractivity contribution in [2.24, 2.45) is 5.73 Å². The van der Waals surface area contributed by atoms with Crippen molar-refractivity contribution in [3.05, 3.63) is 23.2 Å². The molecule has 2 atom stereocenters. The fraction of sp³-hybridized carbons (Fsp3) is 0.571. The van der Waals surface area contributed by atoms with Gasteiger partial charge in [0.25, 0.3) is 0 Å². The molecule has 2 saturated heterocycles. The van der Waals surface area contributed by atoms with E-state index in [0.29, 0.717) is 23.1 Å². The highest BCUT2D eigenvalue weighted by Gasteiger charge is 2.39. The van der Waals surface area contributed by atoms with Crippen LogP contribution in [0.25, 0.3) is 0 Å². The van der Waals surface area contributed by atoms with Crippen molar-refractivity contribution >= 4 is 17.3 Å². The molecule has 2 unspecified atom stereocenters. The second-order valence-electron chi connectivity index (χ2n) is 5.34. The molecule has 0 aliphatic carbocycles. The van der Waals surface area contributed by atoms with E-state index >= 15 is 0 Å². The topological polar surface area (TPSA) is 38.5 Å². The van der Waals surface area contributed by atoms with Gasteiger partial charge in [-0.25, -0.2) is 0 Å². The van der Waals surface area contributed by atoms with Crippen LogP contribution in [0.5, 0.6) is 5.75 Å². The van der Waals surface area contributed by atoms with Gasteiger partial charge in [0.15, 0.2) is 0 Å². The third-order valence-corrected chi connectivity index (χ3v) is 4.50. The summed E-state index contributed by atoms with van der Waals surface area (Å²) in [5, 5.41) is 0.685. The van der Waals surface area contributed by atoms with Crippen molar-refractivity contribution < 1.29 is 4.74 Å². The molecule has 0 amide bonds. The minimum absolute atomic E-state index is 0.368. The van der Waals surface area contributed by atoms with E-state index in [2.05, 4.69) is 11.0 Å². The maximum absolute atomic E-state index is 6.22. The molecular formula is C14H19ClN2O. The van der Waals surface area contributed by atoms with Crippen LogP contribution in [0.2, 0.25) is 5.02 Å². The predicted molar refractivity (Wildman–Crippen MR) is 74.5 cm³/mol. The highest BCUT2D eigenvalue weighted by Crippen LogP contribution is 2.40. The Morgan fingerprint density at radius 1 is 1.28 bits per heavy atom. The molecule has 2 N–H and O–H groups in total. The number of hydrogen-bond donors (Lipinski definition) is 1. The Balaban J connectivity index is 1.89.